The molecule has 10 nitrogen and oxygen atoms in total. The Morgan fingerprint density at radius 3 is 2.04 bits per heavy atom. The highest BCUT2D eigenvalue weighted by molar-refractivity contribution is 4.91. The molecule has 0 spiro atoms. The van der Waals surface area contributed by atoms with E-state index in [0.29, 0.717) is 0 Å². The maximum atomic E-state index is 9.99. The molecular weight excluding hydrogens is 316 g/mol. The van der Waals surface area contributed by atoms with Crippen molar-refractivity contribution < 1.29 is 50.3 Å². The first-order valence-corrected chi connectivity index (χ1v) is 7.39. The second-order valence-electron chi connectivity index (χ2n) is 5.51. The van der Waals surface area contributed by atoms with Crippen LogP contribution >= 0.6 is 0 Å². The number of rotatable bonds is 8. The van der Waals surface area contributed by atoms with E-state index < -0.39 is 68.3 Å². The Kier molecular flexibility index (Phi) is 8.24. The van der Waals surface area contributed by atoms with Gasteiger partial charge in [-0.15, -0.1) is 0 Å². The van der Waals surface area contributed by atoms with Crippen LogP contribution in [-0.4, -0.2) is 109 Å². The smallest absolute Gasteiger partial charge is 0.187 e. The fourth-order valence-corrected chi connectivity index (χ4v) is 2.30. The first-order chi connectivity index (χ1) is 10.8. The summed E-state index contributed by atoms with van der Waals surface area (Å²) in [6.45, 7) is 0.109. The van der Waals surface area contributed by atoms with Crippen LogP contribution in [0.3, 0.4) is 0 Å². The molecule has 0 radical (unpaired) electrons. The molecule has 3 unspecified atom stereocenters. The van der Waals surface area contributed by atoms with E-state index in [1.807, 2.05) is 0 Å². The van der Waals surface area contributed by atoms with Gasteiger partial charge in [0.15, 0.2) is 6.29 Å². The number of aliphatic hydroxyl groups is 8. The molecule has 1 aliphatic rings. The molecule has 0 aromatic carbocycles. The second kappa shape index (κ2) is 9.18. The molecule has 1 saturated heterocycles. The zero-order chi connectivity index (χ0) is 17.7. The first kappa shape index (κ1) is 20.6. The normalized spacial score (nSPS) is 37.2. The van der Waals surface area contributed by atoms with Gasteiger partial charge in [0.25, 0.3) is 0 Å². The number of ether oxygens (including phenoxy) is 2. The summed E-state index contributed by atoms with van der Waals surface area (Å²) in [5, 5.41) is 76.8. The molecule has 8 N–H and O–H groups in total. The standard InChI is InChI=1S/C13H26O10/c1-2-5(16)8(18)12(6(17)3-14)23-13-11(21)10(20)9(19)7(4-15)22-13/h5-21H,2-4H2,1H3/t5-,6?,7?,8+,9-,10-,11?,12-,13+/m1/s1. The number of hydrogen-bond acceptors (Lipinski definition) is 10. The molecule has 1 rings (SSSR count). The number of hydrogen-bond donors (Lipinski definition) is 8. The van der Waals surface area contributed by atoms with Crippen LogP contribution in [0.25, 0.3) is 0 Å². The van der Waals surface area contributed by atoms with Crippen molar-refractivity contribution in [3.05, 3.63) is 0 Å². The SMILES string of the molecule is CC[C@@H](O)[C@H](O)[C@H](O[C@@H]1OC(CO)[C@@H](O)[C@@H](O)C1O)C(O)CO. The summed E-state index contributed by atoms with van der Waals surface area (Å²) in [6, 6.07) is 0. The van der Waals surface area contributed by atoms with E-state index in [1.54, 1.807) is 6.92 Å². The van der Waals surface area contributed by atoms with Gasteiger partial charge in [-0.3, -0.25) is 0 Å². The molecule has 0 aromatic rings. The van der Waals surface area contributed by atoms with Crippen molar-refractivity contribution in [2.75, 3.05) is 13.2 Å². The largest absolute Gasteiger partial charge is 0.394 e. The van der Waals surface area contributed by atoms with Gasteiger partial charge < -0.3 is 50.3 Å². The molecule has 1 fully saturated rings. The van der Waals surface area contributed by atoms with Crippen LogP contribution in [0.15, 0.2) is 0 Å². The third kappa shape index (κ3) is 4.79. The first-order valence-electron chi connectivity index (χ1n) is 7.39. The molecule has 9 atom stereocenters. The quantitative estimate of drug-likeness (QED) is 0.215. The summed E-state index contributed by atoms with van der Waals surface area (Å²) in [6.07, 6.45) is -13.7. The molecule has 0 saturated carbocycles. The summed E-state index contributed by atoms with van der Waals surface area (Å²) in [5.41, 5.74) is 0. The molecule has 0 amide bonds. The summed E-state index contributed by atoms with van der Waals surface area (Å²) in [5.74, 6) is 0. The van der Waals surface area contributed by atoms with Gasteiger partial charge in [-0.2, -0.15) is 0 Å². The van der Waals surface area contributed by atoms with Crippen LogP contribution in [0.1, 0.15) is 13.3 Å². The summed E-state index contributed by atoms with van der Waals surface area (Å²) in [7, 11) is 0. The predicted octanol–water partition coefficient (Wildman–Crippen LogP) is -4.34. The van der Waals surface area contributed by atoms with Crippen molar-refractivity contribution >= 4 is 0 Å². The third-order valence-electron chi connectivity index (χ3n) is 3.86. The second-order valence-corrected chi connectivity index (χ2v) is 5.51. The highest BCUT2D eigenvalue weighted by Gasteiger charge is 2.46. The molecule has 10 heteroatoms. The molecule has 138 valence electrons. The highest BCUT2D eigenvalue weighted by Crippen LogP contribution is 2.25. The Morgan fingerprint density at radius 2 is 1.57 bits per heavy atom. The van der Waals surface area contributed by atoms with Crippen molar-refractivity contribution in [3.63, 3.8) is 0 Å². The van der Waals surface area contributed by atoms with Crippen LogP contribution in [0, 0.1) is 0 Å². The molecule has 23 heavy (non-hydrogen) atoms. The Labute approximate surface area is 133 Å². The van der Waals surface area contributed by atoms with Gasteiger partial charge in [0.05, 0.1) is 19.3 Å². The minimum atomic E-state index is -1.73. The van der Waals surface area contributed by atoms with E-state index in [1.165, 1.54) is 0 Å². The van der Waals surface area contributed by atoms with Crippen molar-refractivity contribution in [1.82, 2.24) is 0 Å². The summed E-state index contributed by atoms with van der Waals surface area (Å²) >= 11 is 0. The Balaban J connectivity index is 2.89. The van der Waals surface area contributed by atoms with Gasteiger partial charge in [0.2, 0.25) is 0 Å². The van der Waals surface area contributed by atoms with Gasteiger partial charge in [0, 0.05) is 0 Å². The number of aliphatic hydroxyl groups excluding tert-OH is 8. The van der Waals surface area contributed by atoms with Gasteiger partial charge >= 0.3 is 0 Å². The molecule has 1 aliphatic heterocycles. The van der Waals surface area contributed by atoms with Crippen molar-refractivity contribution in [1.29, 1.82) is 0 Å². The minimum absolute atomic E-state index is 0.133. The van der Waals surface area contributed by atoms with E-state index in [-0.39, 0.29) is 6.42 Å². The Hall–Kier alpha value is -0.400. The van der Waals surface area contributed by atoms with Crippen LogP contribution in [-0.2, 0) is 9.47 Å². The van der Waals surface area contributed by atoms with E-state index >= 15 is 0 Å². The van der Waals surface area contributed by atoms with Crippen LogP contribution in [0.4, 0.5) is 0 Å². The average Bonchev–Trinajstić information content (AvgIpc) is 2.57. The maximum Gasteiger partial charge on any atom is 0.187 e. The molecular formula is C13H26O10. The fourth-order valence-electron chi connectivity index (χ4n) is 2.30. The lowest BCUT2D eigenvalue weighted by molar-refractivity contribution is -0.327. The van der Waals surface area contributed by atoms with E-state index in [9.17, 15) is 30.6 Å². The lowest BCUT2D eigenvalue weighted by Crippen LogP contribution is -2.61. The lowest BCUT2D eigenvalue weighted by Gasteiger charge is -2.42. The van der Waals surface area contributed by atoms with Gasteiger partial charge in [0.1, 0.15) is 42.7 Å². The lowest BCUT2D eigenvalue weighted by atomic mass is 9.98. The highest BCUT2D eigenvalue weighted by atomic mass is 16.7. The zero-order valence-electron chi connectivity index (χ0n) is 12.7. The monoisotopic (exact) mass is 342 g/mol. The van der Waals surface area contributed by atoms with E-state index in [2.05, 4.69) is 0 Å². The molecule has 0 aliphatic carbocycles. The minimum Gasteiger partial charge on any atom is -0.394 e. The Bertz CT molecular complexity index is 341. The maximum absolute atomic E-state index is 9.99. The van der Waals surface area contributed by atoms with Crippen molar-refractivity contribution in [2.45, 2.75) is 68.5 Å². The van der Waals surface area contributed by atoms with Crippen LogP contribution in [0.5, 0.6) is 0 Å². The van der Waals surface area contributed by atoms with Crippen LogP contribution < -0.4 is 0 Å². The summed E-state index contributed by atoms with van der Waals surface area (Å²) in [4.78, 5) is 0. The predicted molar refractivity (Wildman–Crippen MR) is 74.0 cm³/mol. The zero-order valence-corrected chi connectivity index (χ0v) is 12.7. The Morgan fingerprint density at radius 1 is 0.957 bits per heavy atom. The van der Waals surface area contributed by atoms with Crippen molar-refractivity contribution in [3.8, 4) is 0 Å². The molecule has 0 bridgehead atoms. The van der Waals surface area contributed by atoms with E-state index in [4.69, 9.17) is 19.7 Å². The van der Waals surface area contributed by atoms with E-state index in [0.717, 1.165) is 0 Å². The van der Waals surface area contributed by atoms with Crippen molar-refractivity contribution in [2.24, 2.45) is 0 Å². The summed E-state index contributed by atoms with van der Waals surface area (Å²) < 4.78 is 10.3. The van der Waals surface area contributed by atoms with Crippen LogP contribution in [0.2, 0.25) is 0 Å². The van der Waals surface area contributed by atoms with Gasteiger partial charge in [-0.05, 0) is 6.42 Å². The fraction of sp³-hybridized carbons (Fsp3) is 1.00. The third-order valence-corrected chi connectivity index (χ3v) is 3.86. The molecule has 1 heterocycles. The van der Waals surface area contributed by atoms with Gasteiger partial charge in [-0.25, -0.2) is 0 Å². The average molecular weight is 342 g/mol. The topological polar surface area (TPSA) is 180 Å². The molecule has 0 aromatic heterocycles. The van der Waals surface area contributed by atoms with Gasteiger partial charge in [-0.1, -0.05) is 6.92 Å².